The van der Waals surface area contributed by atoms with Gasteiger partial charge in [-0.05, 0) is 24.3 Å². The van der Waals surface area contributed by atoms with Gasteiger partial charge in [-0.15, -0.1) is 0 Å². The number of ether oxygens (including phenoxy) is 1. The molecule has 1 fully saturated rings. The van der Waals surface area contributed by atoms with Gasteiger partial charge in [0.2, 0.25) is 0 Å². The molecule has 1 amide bonds. The number of hydrogen-bond acceptors (Lipinski definition) is 4. The predicted octanol–water partition coefficient (Wildman–Crippen LogP) is 1.35. The molecule has 0 radical (unpaired) electrons. The molecule has 0 aliphatic carbocycles. The first-order valence-electron chi connectivity index (χ1n) is 7.66. The molecule has 0 spiro atoms. The van der Waals surface area contributed by atoms with E-state index in [-0.39, 0.29) is 12.5 Å². The van der Waals surface area contributed by atoms with Crippen molar-refractivity contribution in [2.45, 2.75) is 6.10 Å². The molecule has 0 saturated carbocycles. The van der Waals surface area contributed by atoms with E-state index >= 15 is 0 Å². The minimum Gasteiger partial charge on any atom is -0.390 e. The van der Waals surface area contributed by atoms with E-state index in [0.29, 0.717) is 25.5 Å². The second kappa shape index (κ2) is 7.44. The van der Waals surface area contributed by atoms with Crippen molar-refractivity contribution in [2.24, 2.45) is 0 Å². The van der Waals surface area contributed by atoms with Crippen LogP contribution in [0.1, 0.15) is 10.5 Å². The van der Waals surface area contributed by atoms with Crippen LogP contribution >= 0.6 is 15.9 Å². The number of benzene rings is 1. The molecule has 0 unspecified atom stereocenters. The molecule has 1 atom stereocenters. The molecule has 23 heavy (non-hydrogen) atoms. The number of amides is 1. The Hall–Kier alpha value is -1.41. The van der Waals surface area contributed by atoms with E-state index in [0.717, 1.165) is 28.5 Å². The number of hydrogen-bond donors (Lipinski definition) is 3. The van der Waals surface area contributed by atoms with Crippen LogP contribution in [0.3, 0.4) is 0 Å². The van der Waals surface area contributed by atoms with Crippen molar-refractivity contribution >= 4 is 32.7 Å². The van der Waals surface area contributed by atoms with Gasteiger partial charge in [-0.25, -0.2) is 0 Å². The lowest BCUT2D eigenvalue weighted by Gasteiger charge is -2.28. The standard InChI is InChI=1S/C16H20BrN3O3/c17-12-1-2-14-11(7-12)8-15(19-14)16(22)18-9-13(21)10-20-3-5-23-6-4-20/h1-2,7-8,13,19,21H,3-6,9-10H2,(H,18,22)/t13-/m0/s1. The van der Waals surface area contributed by atoms with E-state index in [1.54, 1.807) is 0 Å². The maximum absolute atomic E-state index is 12.2. The highest BCUT2D eigenvalue weighted by atomic mass is 79.9. The first kappa shape index (κ1) is 16.4. The van der Waals surface area contributed by atoms with E-state index < -0.39 is 6.10 Å². The van der Waals surface area contributed by atoms with Crippen LogP contribution in [-0.4, -0.2) is 66.4 Å². The molecule has 3 N–H and O–H groups in total. The summed E-state index contributed by atoms with van der Waals surface area (Å²) in [5.41, 5.74) is 1.41. The van der Waals surface area contributed by atoms with Crippen LogP contribution in [0.15, 0.2) is 28.7 Å². The van der Waals surface area contributed by atoms with E-state index in [9.17, 15) is 9.90 Å². The number of H-pyrrole nitrogens is 1. The number of aliphatic hydroxyl groups excluding tert-OH is 1. The van der Waals surface area contributed by atoms with Crippen molar-refractivity contribution in [3.63, 3.8) is 0 Å². The van der Waals surface area contributed by atoms with Gasteiger partial charge in [0.05, 0.1) is 19.3 Å². The second-order valence-electron chi connectivity index (χ2n) is 5.69. The van der Waals surface area contributed by atoms with Gasteiger partial charge in [-0.3, -0.25) is 9.69 Å². The molecule has 3 rings (SSSR count). The van der Waals surface area contributed by atoms with Crippen molar-refractivity contribution in [2.75, 3.05) is 39.4 Å². The summed E-state index contributed by atoms with van der Waals surface area (Å²) in [6.07, 6.45) is -0.587. The highest BCUT2D eigenvalue weighted by Gasteiger charge is 2.16. The van der Waals surface area contributed by atoms with Crippen LogP contribution in [0.2, 0.25) is 0 Å². The molecular formula is C16H20BrN3O3. The SMILES string of the molecule is O=C(NC[C@H](O)CN1CCOCC1)c1cc2cc(Br)ccc2[nH]1. The summed E-state index contributed by atoms with van der Waals surface area (Å²) < 4.78 is 6.24. The number of carbonyl (C=O) groups excluding carboxylic acids is 1. The van der Waals surface area contributed by atoms with Gasteiger partial charge < -0.3 is 20.1 Å². The third-order valence-corrected chi connectivity index (χ3v) is 4.39. The predicted molar refractivity (Wildman–Crippen MR) is 91.6 cm³/mol. The maximum atomic E-state index is 12.2. The number of nitrogens with zero attached hydrogens (tertiary/aromatic N) is 1. The van der Waals surface area contributed by atoms with Gasteiger partial charge in [0.1, 0.15) is 5.69 Å². The Labute approximate surface area is 142 Å². The normalized spacial score (nSPS) is 17.3. The Bertz CT molecular complexity index is 682. The highest BCUT2D eigenvalue weighted by Crippen LogP contribution is 2.20. The fourth-order valence-corrected chi connectivity index (χ4v) is 3.06. The molecule has 1 aromatic carbocycles. The van der Waals surface area contributed by atoms with Crippen LogP contribution in [0, 0.1) is 0 Å². The molecule has 6 nitrogen and oxygen atoms in total. The van der Waals surface area contributed by atoms with Crippen molar-refractivity contribution in [1.82, 2.24) is 15.2 Å². The molecule has 1 aliphatic rings. The van der Waals surface area contributed by atoms with Crippen LogP contribution < -0.4 is 5.32 Å². The Kier molecular flexibility index (Phi) is 5.32. The van der Waals surface area contributed by atoms with E-state index in [1.165, 1.54) is 0 Å². The molecule has 7 heteroatoms. The minimum atomic E-state index is -0.587. The Morgan fingerprint density at radius 1 is 1.39 bits per heavy atom. The molecular weight excluding hydrogens is 362 g/mol. The number of nitrogens with one attached hydrogen (secondary N) is 2. The summed E-state index contributed by atoms with van der Waals surface area (Å²) in [5.74, 6) is -0.210. The van der Waals surface area contributed by atoms with Gasteiger partial charge >= 0.3 is 0 Å². The average Bonchev–Trinajstić information content (AvgIpc) is 2.96. The van der Waals surface area contributed by atoms with Crippen molar-refractivity contribution < 1.29 is 14.6 Å². The highest BCUT2D eigenvalue weighted by molar-refractivity contribution is 9.10. The average molecular weight is 382 g/mol. The zero-order valence-electron chi connectivity index (χ0n) is 12.7. The van der Waals surface area contributed by atoms with Crippen LogP contribution in [0.25, 0.3) is 10.9 Å². The summed E-state index contributed by atoms with van der Waals surface area (Å²) in [7, 11) is 0. The zero-order valence-corrected chi connectivity index (χ0v) is 14.3. The van der Waals surface area contributed by atoms with Crippen molar-refractivity contribution in [3.05, 3.63) is 34.4 Å². The lowest BCUT2D eigenvalue weighted by molar-refractivity contribution is 0.0149. The largest absolute Gasteiger partial charge is 0.390 e. The Morgan fingerprint density at radius 2 is 2.17 bits per heavy atom. The summed E-state index contributed by atoms with van der Waals surface area (Å²) >= 11 is 3.41. The van der Waals surface area contributed by atoms with Crippen molar-refractivity contribution in [1.29, 1.82) is 0 Å². The number of morpholine rings is 1. The summed E-state index contributed by atoms with van der Waals surface area (Å²) in [5, 5.41) is 13.8. The third-order valence-electron chi connectivity index (χ3n) is 3.90. The number of aliphatic hydroxyl groups is 1. The van der Waals surface area contributed by atoms with Gasteiger partial charge in [0, 0.05) is 41.6 Å². The zero-order chi connectivity index (χ0) is 16.2. The van der Waals surface area contributed by atoms with Crippen LogP contribution in [-0.2, 0) is 4.74 Å². The fourth-order valence-electron chi connectivity index (χ4n) is 2.68. The number of aromatic nitrogens is 1. The first-order chi connectivity index (χ1) is 11.1. The number of aromatic amines is 1. The van der Waals surface area contributed by atoms with Gasteiger partial charge in [0.25, 0.3) is 5.91 Å². The molecule has 2 aromatic rings. The topological polar surface area (TPSA) is 77.6 Å². The lowest BCUT2D eigenvalue weighted by atomic mass is 10.2. The van der Waals surface area contributed by atoms with Gasteiger partial charge in [0.15, 0.2) is 0 Å². The number of β-amino-alcohol motifs (C(OH)–C–C–N with tert-alkyl or cyclic N) is 1. The maximum Gasteiger partial charge on any atom is 0.267 e. The fraction of sp³-hybridized carbons (Fsp3) is 0.438. The Balaban J connectivity index is 1.53. The smallest absolute Gasteiger partial charge is 0.267 e. The Morgan fingerprint density at radius 3 is 2.96 bits per heavy atom. The molecule has 124 valence electrons. The number of halogens is 1. The first-order valence-corrected chi connectivity index (χ1v) is 8.46. The monoisotopic (exact) mass is 381 g/mol. The molecule has 1 aromatic heterocycles. The number of carbonyl (C=O) groups is 1. The van der Waals surface area contributed by atoms with Crippen LogP contribution in [0.4, 0.5) is 0 Å². The second-order valence-corrected chi connectivity index (χ2v) is 6.61. The summed E-state index contributed by atoms with van der Waals surface area (Å²) in [4.78, 5) is 17.4. The quantitative estimate of drug-likeness (QED) is 0.730. The molecule has 1 aliphatic heterocycles. The molecule has 2 heterocycles. The summed E-state index contributed by atoms with van der Waals surface area (Å²) in [6, 6.07) is 7.61. The van der Waals surface area contributed by atoms with Crippen molar-refractivity contribution in [3.8, 4) is 0 Å². The third kappa shape index (κ3) is 4.32. The molecule has 1 saturated heterocycles. The summed E-state index contributed by atoms with van der Waals surface area (Å²) in [6.45, 7) is 3.82. The lowest BCUT2D eigenvalue weighted by Crippen LogP contribution is -2.44. The number of fused-ring (bicyclic) bond motifs is 1. The van der Waals surface area contributed by atoms with Gasteiger partial charge in [-0.1, -0.05) is 15.9 Å². The molecule has 0 bridgehead atoms. The van der Waals surface area contributed by atoms with E-state index in [4.69, 9.17) is 4.74 Å². The van der Waals surface area contributed by atoms with Gasteiger partial charge in [-0.2, -0.15) is 0 Å². The number of rotatable bonds is 5. The van der Waals surface area contributed by atoms with E-state index in [2.05, 4.69) is 31.1 Å². The van der Waals surface area contributed by atoms with Crippen LogP contribution in [0.5, 0.6) is 0 Å². The minimum absolute atomic E-state index is 0.210. The van der Waals surface area contributed by atoms with E-state index in [1.807, 2.05) is 24.3 Å².